The van der Waals surface area contributed by atoms with Crippen molar-refractivity contribution in [3.63, 3.8) is 0 Å². The molecule has 0 aliphatic rings. The van der Waals surface area contributed by atoms with Crippen molar-refractivity contribution in [3.05, 3.63) is 29.8 Å². The van der Waals surface area contributed by atoms with Gasteiger partial charge in [0.05, 0.1) is 13.2 Å². The largest absolute Gasteiger partial charge is 0.383 e. The van der Waals surface area contributed by atoms with Crippen molar-refractivity contribution in [2.75, 3.05) is 45.4 Å². The molecule has 0 aromatic heterocycles. The Morgan fingerprint density at radius 1 is 1.15 bits per heavy atom. The van der Waals surface area contributed by atoms with Crippen LogP contribution in [0.1, 0.15) is 19.4 Å². The lowest BCUT2D eigenvalue weighted by molar-refractivity contribution is 0.182. The number of rotatable bonds is 10. The minimum Gasteiger partial charge on any atom is -0.383 e. The Morgan fingerprint density at radius 2 is 1.85 bits per heavy atom. The molecule has 1 atom stereocenters. The molecule has 0 saturated heterocycles. The normalized spacial score (nSPS) is 12.4. The first kappa shape index (κ1) is 17.0. The van der Waals surface area contributed by atoms with Gasteiger partial charge < -0.3 is 19.7 Å². The van der Waals surface area contributed by atoms with Crippen molar-refractivity contribution < 1.29 is 9.47 Å². The maximum Gasteiger partial charge on any atom is 0.0663 e. The second kappa shape index (κ2) is 9.75. The summed E-state index contributed by atoms with van der Waals surface area (Å²) in [6.45, 7) is 8.59. The van der Waals surface area contributed by atoms with E-state index in [1.807, 2.05) is 0 Å². The highest BCUT2D eigenvalue weighted by Crippen LogP contribution is 2.18. The Labute approximate surface area is 123 Å². The fourth-order valence-corrected chi connectivity index (χ4v) is 2.29. The van der Waals surface area contributed by atoms with E-state index in [1.54, 1.807) is 14.2 Å². The van der Waals surface area contributed by atoms with Gasteiger partial charge in [0.15, 0.2) is 0 Å². The molecule has 4 nitrogen and oxygen atoms in total. The van der Waals surface area contributed by atoms with Crippen molar-refractivity contribution in [1.29, 1.82) is 0 Å². The highest BCUT2D eigenvalue weighted by molar-refractivity contribution is 5.48. The molecule has 1 aromatic rings. The number of nitrogens with zero attached hydrogens (tertiary/aromatic N) is 1. The predicted molar refractivity (Wildman–Crippen MR) is 84.4 cm³/mol. The van der Waals surface area contributed by atoms with Crippen LogP contribution in [0.25, 0.3) is 0 Å². The molecular weight excluding hydrogens is 252 g/mol. The second-order valence-corrected chi connectivity index (χ2v) is 4.93. The summed E-state index contributed by atoms with van der Waals surface area (Å²) in [5.41, 5.74) is 2.54. The molecule has 1 aromatic carbocycles. The molecule has 0 bridgehead atoms. The summed E-state index contributed by atoms with van der Waals surface area (Å²) in [5, 5.41) is 3.35. The summed E-state index contributed by atoms with van der Waals surface area (Å²) in [4.78, 5) is 2.35. The summed E-state index contributed by atoms with van der Waals surface area (Å²) in [6.07, 6.45) is 0. The van der Waals surface area contributed by atoms with Crippen LogP contribution in [0.15, 0.2) is 24.3 Å². The highest BCUT2D eigenvalue weighted by Gasteiger charge is 2.12. The first-order valence-corrected chi connectivity index (χ1v) is 7.27. The van der Waals surface area contributed by atoms with E-state index in [1.165, 1.54) is 11.3 Å². The Morgan fingerprint density at radius 3 is 2.40 bits per heavy atom. The van der Waals surface area contributed by atoms with Crippen molar-refractivity contribution in [1.82, 2.24) is 5.32 Å². The van der Waals surface area contributed by atoms with Gasteiger partial charge >= 0.3 is 0 Å². The topological polar surface area (TPSA) is 33.7 Å². The van der Waals surface area contributed by atoms with Crippen LogP contribution in [0.3, 0.4) is 0 Å². The zero-order valence-electron chi connectivity index (χ0n) is 13.2. The number of nitrogens with one attached hydrogen (secondary N) is 1. The minimum absolute atomic E-state index is 0.385. The van der Waals surface area contributed by atoms with Gasteiger partial charge in [0.2, 0.25) is 0 Å². The molecule has 1 rings (SSSR count). The molecule has 0 radical (unpaired) electrons. The number of ether oxygens (including phenoxy) is 2. The quantitative estimate of drug-likeness (QED) is 0.667. The van der Waals surface area contributed by atoms with Crippen LogP contribution >= 0.6 is 0 Å². The van der Waals surface area contributed by atoms with Crippen LogP contribution in [0.5, 0.6) is 0 Å². The average molecular weight is 280 g/mol. The zero-order valence-corrected chi connectivity index (χ0v) is 13.2. The van der Waals surface area contributed by atoms with E-state index in [9.17, 15) is 0 Å². The van der Waals surface area contributed by atoms with Crippen molar-refractivity contribution in [3.8, 4) is 0 Å². The molecule has 20 heavy (non-hydrogen) atoms. The zero-order chi connectivity index (χ0) is 14.8. The molecule has 0 saturated carbocycles. The van der Waals surface area contributed by atoms with Gasteiger partial charge in [0.25, 0.3) is 0 Å². The smallest absolute Gasteiger partial charge is 0.0663 e. The molecular formula is C16H28N2O2. The van der Waals surface area contributed by atoms with E-state index >= 15 is 0 Å². The fourth-order valence-electron chi connectivity index (χ4n) is 2.29. The molecule has 0 fully saturated rings. The predicted octanol–water partition coefficient (Wildman–Crippen LogP) is 2.28. The third-order valence-corrected chi connectivity index (χ3v) is 3.36. The molecule has 0 aliphatic heterocycles. The third kappa shape index (κ3) is 5.49. The Kier molecular flexibility index (Phi) is 8.26. The minimum atomic E-state index is 0.385. The standard InChI is InChI=1S/C16H28N2O2/c1-5-18(14(2)13-20-4)16-8-6-15(7-9-16)12-17-10-11-19-3/h6-9,14,17H,5,10-13H2,1-4H3. The Balaban J connectivity index is 2.55. The fraction of sp³-hybridized carbons (Fsp3) is 0.625. The number of hydrogen-bond acceptors (Lipinski definition) is 4. The summed E-state index contributed by atoms with van der Waals surface area (Å²) in [6, 6.07) is 9.11. The molecule has 0 heterocycles. The molecule has 4 heteroatoms. The van der Waals surface area contributed by atoms with Gasteiger partial charge in [-0.2, -0.15) is 0 Å². The van der Waals surface area contributed by atoms with E-state index < -0.39 is 0 Å². The van der Waals surface area contributed by atoms with Gasteiger partial charge in [-0.3, -0.25) is 0 Å². The van der Waals surface area contributed by atoms with E-state index in [0.29, 0.717) is 6.04 Å². The van der Waals surface area contributed by atoms with E-state index in [-0.39, 0.29) is 0 Å². The van der Waals surface area contributed by atoms with Crippen LogP contribution in [0.4, 0.5) is 5.69 Å². The summed E-state index contributed by atoms with van der Waals surface area (Å²) in [5.74, 6) is 0. The lowest BCUT2D eigenvalue weighted by Crippen LogP contribution is -2.36. The lowest BCUT2D eigenvalue weighted by Gasteiger charge is -2.29. The maximum absolute atomic E-state index is 5.24. The number of benzene rings is 1. The second-order valence-electron chi connectivity index (χ2n) is 4.93. The summed E-state index contributed by atoms with van der Waals surface area (Å²) >= 11 is 0. The molecule has 1 N–H and O–H groups in total. The average Bonchev–Trinajstić information content (AvgIpc) is 2.46. The van der Waals surface area contributed by atoms with Crippen molar-refractivity contribution in [2.24, 2.45) is 0 Å². The molecule has 0 aliphatic carbocycles. The Hall–Kier alpha value is -1.10. The van der Waals surface area contributed by atoms with E-state index in [4.69, 9.17) is 9.47 Å². The number of anilines is 1. The summed E-state index contributed by atoms with van der Waals surface area (Å²) in [7, 11) is 3.47. The van der Waals surface area contributed by atoms with Crippen molar-refractivity contribution in [2.45, 2.75) is 26.4 Å². The van der Waals surface area contributed by atoms with E-state index in [0.717, 1.165) is 32.8 Å². The third-order valence-electron chi connectivity index (χ3n) is 3.36. The monoisotopic (exact) mass is 280 g/mol. The van der Waals surface area contributed by atoms with Crippen LogP contribution in [-0.4, -0.2) is 46.6 Å². The lowest BCUT2D eigenvalue weighted by atomic mass is 10.1. The van der Waals surface area contributed by atoms with Crippen LogP contribution in [0, 0.1) is 0 Å². The first-order valence-electron chi connectivity index (χ1n) is 7.27. The van der Waals surface area contributed by atoms with Gasteiger partial charge in [-0.25, -0.2) is 0 Å². The van der Waals surface area contributed by atoms with Crippen LogP contribution < -0.4 is 10.2 Å². The van der Waals surface area contributed by atoms with Gasteiger partial charge in [-0.1, -0.05) is 12.1 Å². The first-order chi connectivity index (χ1) is 9.72. The molecule has 1 unspecified atom stereocenters. The van der Waals surface area contributed by atoms with Gasteiger partial charge in [0, 0.05) is 45.6 Å². The van der Waals surface area contributed by atoms with Gasteiger partial charge in [0.1, 0.15) is 0 Å². The Bertz CT molecular complexity index is 354. The van der Waals surface area contributed by atoms with E-state index in [2.05, 4.69) is 48.3 Å². The SMILES string of the molecule is CCN(c1ccc(CNCCOC)cc1)C(C)COC. The summed E-state index contributed by atoms with van der Waals surface area (Å²) < 4.78 is 10.3. The number of hydrogen-bond donors (Lipinski definition) is 1. The molecule has 0 spiro atoms. The number of likely N-dealkylation sites (N-methyl/N-ethyl adjacent to an activating group) is 1. The highest BCUT2D eigenvalue weighted by atomic mass is 16.5. The van der Waals surface area contributed by atoms with Crippen LogP contribution in [-0.2, 0) is 16.0 Å². The van der Waals surface area contributed by atoms with Crippen LogP contribution in [0.2, 0.25) is 0 Å². The molecule has 114 valence electrons. The van der Waals surface area contributed by atoms with Crippen molar-refractivity contribution >= 4 is 5.69 Å². The number of methoxy groups -OCH3 is 2. The molecule has 0 amide bonds. The van der Waals surface area contributed by atoms with Gasteiger partial charge in [-0.05, 0) is 31.5 Å². The van der Waals surface area contributed by atoms with Gasteiger partial charge in [-0.15, -0.1) is 0 Å². The maximum atomic E-state index is 5.24.